The van der Waals surface area contributed by atoms with Crippen molar-refractivity contribution in [1.82, 2.24) is 0 Å². The van der Waals surface area contributed by atoms with Crippen molar-refractivity contribution >= 4 is 5.91 Å². The third-order valence-electron chi connectivity index (χ3n) is 4.56. The number of aliphatic hydroxyl groups excluding tert-OH is 1. The lowest BCUT2D eigenvalue weighted by molar-refractivity contribution is -0.125. The van der Waals surface area contributed by atoms with Crippen LogP contribution < -0.4 is 11.5 Å². The molecule has 1 aromatic rings. The van der Waals surface area contributed by atoms with Gasteiger partial charge in [0.2, 0.25) is 5.91 Å². The Labute approximate surface area is 140 Å². The van der Waals surface area contributed by atoms with E-state index in [-0.39, 0.29) is 23.8 Å². The normalized spacial score (nSPS) is 15.3. The summed E-state index contributed by atoms with van der Waals surface area (Å²) in [5, 5.41) is 10.5. The minimum absolute atomic E-state index is 0.237. The first-order chi connectivity index (χ1) is 11.0. The van der Waals surface area contributed by atoms with Gasteiger partial charge in [0.15, 0.2) is 0 Å². The Morgan fingerprint density at radius 2 is 1.70 bits per heavy atom. The summed E-state index contributed by atoms with van der Waals surface area (Å²) in [6.45, 7) is 4.22. The molecule has 0 spiro atoms. The molecule has 4 nitrogen and oxygen atoms in total. The molecule has 0 fully saturated rings. The Bertz CT molecular complexity index is 444. The molecule has 0 saturated carbocycles. The average molecular weight is 320 g/mol. The lowest BCUT2D eigenvalue weighted by atomic mass is 9.80. The molecule has 0 aliphatic carbocycles. The van der Waals surface area contributed by atoms with Crippen molar-refractivity contribution in [3.63, 3.8) is 0 Å². The van der Waals surface area contributed by atoms with Crippen LogP contribution in [-0.2, 0) is 11.2 Å². The van der Waals surface area contributed by atoms with Crippen molar-refractivity contribution in [1.29, 1.82) is 0 Å². The monoisotopic (exact) mass is 320 g/mol. The van der Waals surface area contributed by atoms with Crippen LogP contribution in [0.25, 0.3) is 0 Å². The number of primary amides is 1. The van der Waals surface area contributed by atoms with Crippen LogP contribution in [0.2, 0.25) is 0 Å². The fraction of sp³-hybridized carbons (Fsp3) is 0.632. The van der Waals surface area contributed by atoms with E-state index in [2.05, 4.69) is 13.8 Å². The van der Waals surface area contributed by atoms with E-state index in [1.807, 2.05) is 30.3 Å². The summed E-state index contributed by atoms with van der Waals surface area (Å²) in [7, 11) is 0. The number of carbonyl (C=O) groups is 1. The van der Waals surface area contributed by atoms with Gasteiger partial charge >= 0.3 is 0 Å². The summed E-state index contributed by atoms with van der Waals surface area (Å²) in [5.41, 5.74) is 12.8. The van der Waals surface area contributed by atoms with E-state index in [0.29, 0.717) is 12.8 Å². The quantitative estimate of drug-likeness (QED) is 0.585. The van der Waals surface area contributed by atoms with Crippen LogP contribution in [0.15, 0.2) is 30.3 Å². The predicted octanol–water partition coefficient (Wildman–Crippen LogP) is 2.63. The molecule has 4 heteroatoms. The number of hydrogen-bond donors (Lipinski definition) is 3. The molecule has 0 aromatic heterocycles. The first-order valence-corrected chi connectivity index (χ1v) is 8.76. The maximum absolute atomic E-state index is 11.9. The van der Waals surface area contributed by atoms with Gasteiger partial charge < -0.3 is 16.6 Å². The fourth-order valence-electron chi connectivity index (χ4n) is 3.29. The molecule has 0 aliphatic rings. The highest BCUT2D eigenvalue weighted by Gasteiger charge is 2.29. The number of hydrogen-bond acceptors (Lipinski definition) is 3. The number of aliphatic hydroxyl groups is 1. The molecule has 1 amide bonds. The van der Waals surface area contributed by atoms with E-state index in [4.69, 9.17) is 11.5 Å². The summed E-state index contributed by atoms with van der Waals surface area (Å²) < 4.78 is 0. The summed E-state index contributed by atoms with van der Waals surface area (Å²) in [6, 6.07) is 9.47. The van der Waals surface area contributed by atoms with E-state index in [9.17, 15) is 9.90 Å². The lowest BCUT2D eigenvalue weighted by Gasteiger charge is -2.28. The van der Waals surface area contributed by atoms with Crippen LogP contribution in [0.4, 0.5) is 0 Å². The molecular formula is C19H32N2O2. The number of amides is 1. The van der Waals surface area contributed by atoms with Gasteiger partial charge in [0.25, 0.3) is 0 Å². The first kappa shape index (κ1) is 19.7. The molecule has 130 valence electrons. The molecule has 0 radical (unpaired) electrons. The molecule has 3 atom stereocenters. The zero-order valence-electron chi connectivity index (χ0n) is 14.4. The Hall–Kier alpha value is -1.39. The van der Waals surface area contributed by atoms with Crippen molar-refractivity contribution in [3.05, 3.63) is 35.9 Å². The second-order valence-corrected chi connectivity index (χ2v) is 6.50. The molecule has 5 N–H and O–H groups in total. The van der Waals surface area contributed by atoms with Crippen LogP contribution in [0, 0.1) is 11.8 Å². The summed E-state index contributed by atoms with van der Waals surface area (Å²) >= 11 is 0. The highest BCUT2D eigenvalue weighted by Crippen LogP contribution is 2.27. The Morgan fingerprint density at radius 1 is 1.13 bits per heavy atom. The van der Waals surface area contributed by atoms with Gasteiger partial charge in [0.05, 0.1) is 6.10 Å². The van der Waals surface area contributed by atoms with E-state index >= 15 is 0 Å². The minimum Gasteiger partial charge on any atom is -0.391 e. The van der Waals surface area contributed by atoms with Gasteiger partial charge in [0, 0.05) is 12.0 Å². The minimum atomic E-state index is -0.719. The van der Waals surface area contributed by atoms with Gasteiger partial charge in [-0.25, -0.2) is 0 Å². The lowest BCUT2D eigenvalue weighted by Crippen LogP contribution is -2.41. The highest BCUT2D eigenvalue weighted by molar-refractivity contribution is 5.77. The zero-order valence-corrected chi connectivity index (χ0v) is 14.4. The van der Waals surface area contributed by atoms with Gasteiger partial charge in [-0.15, -0.1) is 0 Å². The van der Waals surface area contributed by atoms with Crippen LogP contribution in [0.5, 0.6) is 0 Å². The number of rotatable bonds is 11. The standard InChI is InChI=1S/C19H32N2O2/c1-3-8-15(9-4-2)16(19(21)23)13-18(22)17(20)12-14-10-6-5-7-11-14/h5-7,10-11,15-18,22H,3-4,8-9,12-13,20H2,1-2H3,(H2,21,23)/t16-,17+,18+/m1/s1. The SMILES string of the molecule is CCCC(CCC)[C@@H](C[C@H](O)[C@@H](N)Cc1ccccc1)C(N)=O. The van der Waals surface area contributed by atoms with Gasteiger partial charge in [-0.05, 0) is 37.2 Å². The van der Waals surface area contributed by atoms with Crippen molar-refractivity contribution < 1.29 is 9.90 Å². The molecule has 1 aromatic carbocycles. The summed E-state index contributed by atoms with van der Waals surface area (Å²) in [4.78, 5) is 11.9. The Morgan fingerprint density at radius 3 is 2.17 bits per heavy atom. The maximum atomic E-state index is 11.9. The second kappa shape index (κ2) is 10.4. The van der Waals surface area contributed by atoms with Crippen molar-refractivity contribution in [2.75, 3.05) is 0 Å². The number of benzene rings is 1. The Kier molecular flexibility index (Phi) is 8.89. The third kappa shape index (κ3) is 6.71. The van der Waals surface area contributed by atoms with Crippen molar-refractivity contribution in [2.45, 2.75) is 64.5 Å². The second-order valence-electron chi connectivity index (χ2n) is 6.50. The molecule has 0 unspecified atom stereocenters. The number of nitrogens with two attached hydrogens (primary N) is 2. The fourth-order valence-corrected chi connectivity index (χ4v) is 3.29. The maximum Gasteiger partial charge on any atom is 0.220 e. The summed E-state index contributed by atoms with van der Waals surface area (Å²) in [6.07, 6.45) is 4.18. The van der Waals surface area contributed by atoms with E-state index in [1.54, 1.807) is 0 Å². The molecule has 1 rings (SSSR count). The topological polar surface area (TPSA) is 89.3 Å². The third-order valence-corrected chi connectivity index (χ3v) is 4.56. The molecule has 0 saturated heterocycles. The molecule has 0 aliphatic heterocycles. The highest BCUT2D eigenvalue weighted by atomic mass is 16.3. The zero-order chi connectivity index (χ0) is 17.2. The first-order valence-electron chi connectivity index (χ1n) is 8.76. The van der Waals surface area contributed by atoms with Gasteiger partial charge in [0.1, 0.15) is 0 Å². The molecular weight excluding hydrogens is 288 g/mol. The Balaban J connectivity index is 2.68. The molecule has 23 heavy (non-hydrogen) atoms. The van der Waals surface area contributed by atoms with Gasteiger partial charge in [-0.2, -0.15) is 0 Å². The van der Waals surface area contributed by atoms with Crippen LogP contribution in [0.1, 0.15) is 51.5 Å². The average Bonchev–Trinajstić information content (AvgIpc) is 2.53. The number of carbonyl (C=O) groups excluding carboxylic acids is 1. The van der Waals surface area contributed by atoms with Crippen LogP contribution >= 0.6 is 0 Å². The van der Waals surface area contributed by atoms with E-state index in [1.165, 1.54) is 0 Å². The van der Waals surface area contributed by atoms with E-state index in [0.717, 1.165) is 31.2 Å². The van der Waals surface area contributed by atoms with Crippen molar-refractivity contribution in [3.8, 4) is 0 Å². The predicted molar refractivity (Wildman–Crippen MR) is 94.7 cm³/mol. The molecule has 0 bridgehead atoms. The van der Waals surface area contributed by atoms with Gasteiger partial charge in [-0.1, -0.05) is 57.0 Å². The van der Waals surface area contributed by atoms with Gasteiger partial charge in [-0.3, -0.25) is 4.79 Å². The largest absolute Gasteiger partial charge is 0.391 e. The van der Waals surface area contributed by atoms with Crippen LogP contribution in [0.3, 0.4) is 0 Å². The summed E-state index contributed by atoms with van der Waals surface area (Å²) in [5.74, 6) is -0.379. The van der Waals surface area contributed by atoms with E-state index < -0.39 is 6.10 Å². The van der Waals surface area contributed by atoms with Crippen molar-refractivity contribution in [2.24, 2.45) is 23.3 Å². The van der Waals surface area contributed by atoms with Crippen LogP contribution in [-0.4, -0.2) is 23.2 Å². The molecule has 0 heterocycles. The smallest absolute Gasteiger partial charge is 0.220 e.